The van der Waals surface area contributed by atoms with E-state index in [-0.39, 0.29) is 11.3 Å². The minimum Gasteiger partial charge on any atom is -0.507 e. The predicted octanol–water partition coefficient (Wildman–Crippen LogP) is 2.18. The Morgan fingerprint density at radius 1 is 1.59 bits per heavy atom. The van der Waals surface area contributed by atoms with Gasteiger partial charge in [0.2, 0.25) is 0 Å². The molecule has 0 heterocycles. The first-order valence-electron chi connectivity index (χ1n) is 5.10. The molecule has 0 saturated heterocycles. The first-order valence-corrected chi connectivity index (χ1v) is 6.26. The molecule has 3 nitrogen and oxygen atoms in total. The van der Waals surface area contributed by atoms with Crippen LogP contribution in [-0.2, 0) is 0 Å². The van der Waals surface area contributed by atoms with E-state index in [1.165, 1.54) is 6.07 Å². The Morgan fingerprint density at radius 2 is 2.35 bits per heavy atom. The highest BCUT2D eigenvalue weighted by Crippen LogP contribution is 2.17. The van der Waals surface area contributed by atoms with E-state index in [4.69, 9.17) is 0 Å². The fourth-order valence-electron chi connectivity index (χ4n) is 1.20. The summed E-state index contributed by atoms with van der Waals surface area (Å²) in [5.41, 5.74) is 0.0834. The number of nitrogens with one attached hydrogen (secondary N) is 1. The zero-order valence-corrected chi connectivity index (χ0v) is 10.1. The van der Waals surface area contributed by atoms with Gasteiger partial charge in [0.15, 0.2) is 0 Å². The van der Waals surface area contributed by atoms with Crippen molar-refractivity contribution in [2.24, 2.45) is 0 Å². The number of halogens is 1. The third-order valence-corrected chi connectivity index (χ3v) is 2.94. The summed E-state index contributed by atoms with van der Waals surface area (Å²) in [5.74, 6) is 0.278. The fraction of sp³-hybridized carbons (Fsp3) is 0.250. The summed E-state index contributed by atoms with van der Waals surface area (Å²) in [6, 6.07) is 3.32. The molecule has 0 unspecified atom stereocenters. The number of carbonyl (C=O) groups is 1. The van der Waals surface area contributed by atoms with E-state index in [1.807, 2.05) is 0 Å². The van der Waals surface area contributed by atoms with Crippen LogP contribution in [0.1, 0.15) is 10.4 Å². The lowest BCUT2D eigenvalue weighted by Crippen LogP contribution is -2.25. The van der Waals surface area contributed by atoms with Gasteiger partial charge in [0.1, 0.15) is 11.6 Å². The zero-order valence-electron chi connectivity index (χ0n) is 9.28. The van der Waals surface area contributed by atoms with Gasteiger partial charge in [-0.3, -0.25) is 4.79 Å². The van der Waals surface area contributed by atoms with Crippen LogP contribution in [0.2, 0.25) is 0 Å². The van der Waals surface area contributed by atoms with Gasteiger partial charge in [0.25, 0.3) is 5.91 Å². The molecule has 0 atom stereocenters. The van der Waals surface area contributed by atoms with Crippen LogP contribution in [0.25, 0.3) is 0 Å². The molecule has 1 aromatic rings. The maximum Gasteiger partial charge on any atom is 0.255 e. The number of hydrogen-bond acceptors (Lipinski definition) is 3. The lowest BCUT2D eigenvalue weighted by atomic mass is 10.2. The van der Waals surface area contributed by atoms with Crippen molar-refractivity contribution in [3.8, 4) is 5.75 Å². The summed E-state index contributed by atoms with van der Waals surface area (Å²) >= 11 is 1.64. The summed E-state index contributed by atoms with van der Waals surface area (Å²) in [6.45, 7) is 4.08. The molecule has 0 aliphatic rings. The molecule has 0 spiro atoms. The molecule has 0 radical (unpaired) electrons. The van der Waals surface area contributed by atoms with E-state index >= 15 is 0 Å². The molecule has 17 heavy (non-hydrogen) atoms. The Morgan fingerprint density at radius 3 is 3.00 bits per heavy atom. The predicted molar refractivity (Wildman–Crippen MR) is 67.9 cm³/mol. The molecule has 1 rings (SSSR count). The Kier molecular flexibility index (Phi) is 5.56. The SMILES string of the molecule is C=CCSCCNC(=O)c1ccc(F)cc1O. The Labute approximate surface area is 104 Å². The number of phenolic OH excluding ortho intramolecular Hbond substituents is 1. The van der Waals surface area contributed by atoms with E-state index < -0.39 is 11.7 Å². The molecule has 0 saturated carbocycles. The van der Waals surface area contributed by atoms with Crippen molar-refractivity contribution in [1.29, 1.82) is 0 Å². The zero-order chi connectivity index (χ0) is 12.7. The molecule has 0 aromatic heterocycles. The molecule has 5 heteroatoms. The maximum absolute atomic E-state index is 12.7. The van der Waals surface area contributed by atoms with Crippen molar-refractivity contribution in [2.75, 3.05) is 18.1 Å². The number of phenols is 1. The smallest absolute Gasteiger partial charge is 0.255 e. The van der Waals surface area contributed by atoms with E-state index in [1.54, 1.807) is 17.8 Å². The number of aromatic hydroxyl groups is 1. The first kappa shape index (κ1) is 13.6. The van der Waals surface area contributed by atoms with Gasteiger partial charge in [0, 0.05) is 24.1 Å². The van der Waals surface area contributed by atoms with Crippen molar-refractivity contribution in [1.82, 2.24) is 5.32 Å². The Bertz CT molecular complexity index is 409. The number of amides is 1. The third kappa shape index (κ3) is 4.48. The molecule has 0 aliphatic heterocycles. The second-order valence-corrected chi connectivity index (χ2v) is 4.43. The summed E-state index contributed by atoms with van der Waals surface area (Å²) < 4.78 is 12.7. The van der Waals surface area contributed by atoms with Gasteiger partial charge < -0.3 is 10.4 Å². The summed E-state index contributed by atoms with van der Waals surface area (Å²) in [7, 11) is 0. The van der Waals surface area contributed by atoms with Crippen molar-refractivity contribution in [3.05, 3.63) is 42.2 Å². The highest BCUT2D eigenvalue weighted by Gasteiger charge is 2.10. The van der Waals surface area contributed by atoms with Crippen LogP contribution in [0.5, 0.6) is 5.75 Å². The monoisotopic (exact) mass is 255 g/mol. The fourth-order valence-corrected chi connectivity index (χ4v) is 1.78. The molecule has 1 amide bonds. The normalized spacial score (nSPS) is 9.94. The number of carbonyl (C=O) groups excluding carboxylic acids is 1. The van der Waals surface area contributed by atoms with Crippen LogP contribution >= 0.6 is 11.8 Å². The lowest BCUT2D eigenvalue weighted by molar-refractivity contribution is 0.0953. The number of hydrogen-bond donors (Lipinski definition) is 2. The third-order valence-electron chi connectivity index (χ3n) is 1.97. The van der Waals surface area contributed by atoms with Crippen molar-refractivity contribution in [2.45, 2.75) is 0 Å². The van der Waals surface area contributed by atoms with Crippen LogP contribution in [0.3, 0.4) is 0 Å². The minimum absolute atomic E-state index is 0.0834. The average Bonchev–Trinajstić information content (AvgIpc) is 2.28. The molecule has 0 fully saturated rings. The quantitative estimate of drug-likeness (QED) is 0.605. The van der Waals surface area contributed by atoms with Crippen LogP contribution in [0.4, 0.5) is 4.39 Å². The van der Waals surface area contributed by atoms with Gasteiger partial charge in [-0.2, -0.15) is 11.8 Å². The topological polar surface area (TPSA) is 49.3 Å². The summed E-state index contributed by atoms with van der Waals surface area (Å²) in [5, 5.41) is 12.0. The van der Waals surface area contributed by atoms with Gasteiger partial charge in [-0.25, -0.2) is 4.39 Å². The summed E-state index contributed by atoms with van der Waals surface area (Å²) in [6.07, 6.45) is 1.79. The largest absolute Gasteiger partial charge is 0.507 e. The van der Waals surface area contributed by atoms with Crippen molar-refractivity contribution >= 4 is 17.7 Å². The Hall–Kier alpha value is -1.49. The van der Waals surface area contributed by atoms with Gasteiger partial charge in [0.05, 0.1) is 5.56 Å². The molecule has 1 aromatic carbocycles. The van der Waals surface area contributed by atoms with Crippen molar-refractivity contribution in [3.63, 3.8) is 0 Å². The molecule has 92 valence electrons. The second-order valence-electron chi connectivity index (χ2n) is 3.28. The minimum atomic E-state index is -0.569. The van der Waals surface area contributed by atoms with E-state index in [9.17, 15) is 14.3 Å². The highest BCUT2D eigenvalue weighted by molar-refractivity contribution is 7.99. The first-order chi connectivity index (χ1) is 8.15. The van der Waals surface area contributed by atoms with Crippen molar-refractivity contribution < 1.29 is 14.3 Å². The van der Waals surface area contributed by atoms with E-state index in [0.29, 0.717) is 6.54 Å². The van der Waals surface area contributed by atoms with Gasteiger partial charge >= 0.3 is 0 Å². The average molecular weight is 255 g/mol. The van der Waals surface area contributed by atoms with E-state index in [2.05, 4.69) is 11.9 Å². The molecule has 0 aliphatic carbocycles. The van der Waals surface area contributed by atoms with Gasteiger partial charge in [-0.1, -0.05) is 6.08 Å². The standard InChI is InChI=1S/C12H14FNO2S/c1-2-6-17-7-5-14-12(16)10-4-3-9(13)8-11(10)15/h2-4,8,15H,1,5-7H2,(H,14,16). The van der Waals surface area contributed by atoms with Gasteiger partial charge in [-0.15, -0.1) is 6.58 Å². The number of rotatable bonds is 6. The lowest BCUT2D eigenvalue weighted by Gasteiger charge is -2.06. The van der Waals surface area contributed by atoms with Crippen LogP contribution < -0.4 is 5.32 Å². The maximum atomic E-state index is 12.7. The molecule has 2 N–H and O–H groups in total. The highest BCUT2D eigenvalue weighted by atomic mass is 32.2. The molecular formula is C12H14FNO2S. The molecular weight excluding hydrogens is 241 g/mol. The number of thioether (sulfide) groups is 1. The van der Waals surface area contributed by atoms with E-state index in [0.717, 1.165) is 23.6 Å². The van der Waals surface area contributed by atoms with Crippen LogP contribution in [-0.4, -0.2) is 29.1 Å². The Balaban J connectivity index is 2.44. The molecule has 0 bridgehead atoms. The second kappa shape index (κ2) is 6.96. The summed E-state index contributed by atoms with van der Waals surface area (Å²) in [4.78, 5) is 11.6. The number of benzene rings is 1. The van der Waals surface area contributed by atoms with Crippen LogP contribution in [0, 0.1) is 5.82 Å². The van der Waals surface area contributed by atoms with Gasteiger partial charge in [-0.05, 0) is 12.1 Å². The van der Waals surface area contributed by atoms with Crippen LogP contribution in [0.15, 0.2) is 30.9 Å².